The molecule has 0 saturated heterocycles. The van der Waals surface area contributed by atoms with Crippen LogP contribution in [0.1, 0.15) is 39.5 Å². The smallest absolute Gasteiger partial charge is 0.220 e. The number of rotatable bonds is 6. The lowest BCUT2D eigenvalue weighted by Crippen LogP contribution is -2.26. The van der Waals surface area contributed by atoms with E-state index >= 15 is 0 Å². The molecule has 2 nitrogen and oxygen atoms in total. The average Bonchev–Trinajstić information content (AvgIpc) is 2.71. The van der Waals surface area contributed by atoms with Crippen molar-refractivity contribution >= 4 is 17.5 Å². The fourth-order valence-electron chi connectivity index (χ4n) is 1.63. The van der Waals surface area contributed by atoms with Crippen LogP contribution in [0.4, 0.5) is 0 Å². The Balaban J connectivity index is 1.99. The standard InChI is InChI=1S/C11H20ClNO/c1-11(2)7-9(11)8-13-10(14)5-3-4-6-12/h9H,3-8H2,1-2H3,(H,13,14). The van der Waals surface area contributed by atoms with Crippen LogP contribution in [0.15, 0.2) is 0 Å². The van der Waals surface area contributed by atoms with Crippen LogP contribution in [0.5, 0.6) is 0 Å². The molecule has 0 aromatic carbocycles. The molecule has 1 aliphatic rings. The van der Waals surface area contributed by atoms with Crippen LogP contribution >= 0.6 is 11.6 Å². The van der Waals surface area contributed by atoms with E-state index in [1.54, 1.807) is 0 Å². The molecular formula is C11H20ClNO. The molecule has 0 spiro atoms. The Kier molecular flexibility index (Phi) is 4.24. The summed E-state index contributed by atoms with van der Waals surface area (Å²) in [6.45, 7) is 5.35. The maximum atomic E-state index is 11.3. The summed E-state index contributed by atoms with van der Waals surface area (Å²) in [5, 5.41) is 2.98. The first kappa shape index (κ1) is 11.8. The van der Waals surface area contributed by atoms with Crippen LogP contribution in [-0.2, 0) is 4.79 Å². The second-order valence-corrected chi connectivity index (χ2v) is 5.22. The zero-order valence-electron chi connectivity index (χ0n) is 9.11. The van der Waals surface area contributed by atoms with Gasteiger partial charge in [0.05, 0.1) is 0 Å². The molecule has 0 radical (unpaired) electrons. The normalized spacial score (nSPS) is 23.2. The minimum Gasteiger partial charge on any atom is -0.356 e. The third kappa shape index (κ3) is 3.87. The Hall–Kier alpha value is -0.240. The summed E-state index contributed by atoms with van der Waals surface area (Å²) < 4.78 is 0. The maximum Gasteiger partial charge on any atom is 0.220 e. The lowest BCUT2D eigenvalue weighted by molar-refractivity contribution is -0.121. The summed E-state index contributed by atoms with van der Waals surface area (Å²) in [7, 11) is 0. The quantitative estimate of drug-likeness (QED) is 0.538. The molecule has 1 unspecified atom stereocenters. The zero-order valence-corrected chi connectivity index (χ0v) is 9.86. The van der Waals surface area contributed by atoms with Gasteiger partial charge in [0.1, 0.15) is 0 Å². The molecule has 1 fully saturated rings. The predicted octanol–water partition coefficient (Wildman–Crippen LogP) is 2.56. The number of amides is 1. The van der Waals surface area contributed by atoms with E-state index in [-0.39, 0.29) is 5.91 Å². The number of hydrogen-bond acceptors (Lipinski definition) is 1. The molecule has 1 saturated carbocycles. The Morgan fingerprint density at radius 3 is 2.64 bits per heavy atom. The number of hydrogen-bond donors (Lipinski definition) is 1. The summed E-state index contributed by atoms with van der Waals surface area (Å²) in [6, 6.07) is 0. The number of carbonyl (C=O) groups is 1. The van der Waals surface area contributed by atoms with Crippen molar-refractivity contribution in [3.8, 4) is 0 Å². The van der Waals surface area contributed by atoms with Gasteiger partial charge in [-0.1, -0.05) is 13.8 Å². The van der Waals surface area contributed by atoms with Gasteiger partial charge in [0, 0.05) is 18.8 Å². The number of unbranched alkanes of at least 4 members (excludes halogenated alkanes) is 1. The van der Waals surface area contributed by atoms with Crippen LogP contribution in [0, 0.1) is 11.3 Å². The molecule has 14 heavy (non-hydrogen) atoms. The van der Waals surface area contributed by atoms with Gasteiger partial charge in [-0.3, -0.25) is 4.79 Å². The first-order chi connectivity index (χ1) is 6.56. The Labute approximate surface area is 91.4 Å². The van der Waals surface area contributed by atoms with Gasteiger partial charge in [-0.15, -0.1) is 11.6 Å². The van der Waals surface area contributed by atoms with Crippen molar-refractivity contribution in [3.63, 3.8) is 0 Å². The topological polar surface area (TPSA) is 29.1 Å². The van der Waals surface area contributed by atoms with Gasteiger partial charge >= 0.3 is 0 Å². The van der Waals surface area contributed by atoms with E-state index in [0.29, 0.717) is 23.6 Å². The van der Waals surface area contributed by atoms with E-state index in [2.05, 4.69) is 19.2 Å². The van der Waals surface area contributed by atoms with Crippen LogP contribution in [0.25, 0.3) is 0 Å². The van der Waals surface area contributed by atoms with Crippen LogP contribution < -0.4 is 5.32 Å². The number of nitrogens with one attached hydrogen (secondary N) is 1. The Morgan fingerprint density at radius 2 is 2.14 bits per heavy atom. The summed E-state index contributed by atoms with van der Waals surface area (Å²) in [5.74, 6) is 1.53. The van der Waals surface area contributed by atoms with E-state index in [9.17, 15) is 4.79 Å². The molecule has 1 rings (SSSR count). The second-order valence-electron chi connectivity index (χ2n) is 4.84. The highest BCUT2D eigenvalue weighted by Crippen LogP contribution is 2.50. The van der Waals surface area contributed by atoms with E-state index in [1.807, 2.05) is 0 Å². The lowest BCUT2D eigenvalue weighted by Gasteiger charge is -2.05. The fourth-order valence-corrected chi connectivity index (χ4v) is 1.82. The van der Waals surface area contributed by atoms with E-state index in [0.717, 1.165) is 19.4 Å². The van der Waals surface area contributed by atoms with Crippen molar-refractivity contribution in [2.75, 3.05) is 12.4 Å². The van der Waals surface area contributed by atoms with Crippen LogP contribution in [-0.4, -0.2) is 18.3 Å². The fraction of sp³-hybridized carbons (Fsp3) is 0.909. The van der Waals surface area contributed by atoms with E-state index in [1.165, 1.54) is 6.42 Å². The minimum absolute atomic E-state index is 0.179. The molecule has 0 aromatic heterocycles. The van der Waals surface area contributed by atoms with Crippen molar-refractivity contribution in [2.24, 2.45) is 11.3 Å². The van der Waals surface area contributed by atoms with Crippen LogP contribution in [0.2, 0.25) is 0 Å². The van der Waals surface area contributed by atoms with Gasteiger partial charge in [0.25, 0.3) is 0 Å². The van der Waals surface area contributed by atoms with E-state index < -0.39 is 0 Å². The van der Waals surface area contributed by atoms with Gasteiger partial charge in [0.15, 0.2) is 0 Å². The predicted molar refractivity (Wildman–Crippen MR) is 59.5 cm³/mol. The molecule has 0 bridgehead atoms. The second kappa shape index (κ2) is 5.01. The minimum atomic E-state index is 0.179. The van der Waals surface area contributed by atoms with Crippen molar-refractivity contribution in [1.82, 2.24) is 5.32 Å². The van der Waals surface area contributed by atoms with Gasteiger partial charge < -0.3 is 5.32 Å². The number of carbonyl (C=O) groups excluding carboxylic acids is 1. The zero-order chi connectivity index (χ0) is 10.6. The summed E-state index contributed by atoms with van der Waals surface area (Å²) in [4.78, 5) is 11.3. The van der Waals surface area contributed by atoms with E-state index in [4.69, 9.17) is 11.6 Å². The molecule has 1 aliphatic carbocycles. The highest BCUT2D eigenvalue weighted by atomic mass is 35.5. The summed E-state index contributed by atoms with van der Waals surface area (Å²) >= 11 is 5.53. The van der Waals surface area contributed by atoms with Gasteiger partial charge in [-0.25, -0.2) is 0 Å². The average molecular weight is 218 g/mol. The third-order valence-corrected chi connectivity index (χ3v) is 3.32. The molecular weight excluding hydrogens is 198 g/mol. The number of alkyl halides is 1. The lowest BCUT2D eigenvalue weighted by atomic mass is 10.1. The Morgan fingerprint density at radius 1 is 1.50 bits per heavy atom. The molecule has 0 aromatic rings. The van der Waals surface area contributed by atoms with Crippen molar-refractivity contribution < 1.29 is 4.79 Å². The largest absolute Gasteiger partial charge is 0.356 e. The molecule has 1 N–H and O–H groups in total. The summed E-state index contributed by atoms with van der Waals surface area (Å²) in [5.41, 5.74) is 0.462. The molecule has 1 atom stereocenters. The molecule has 82 valence electrons. The monoisotopic (exact) mass is 217 g/mol. The van der Waals surface area contributed by atoms with Crippen LogP contribution in [0.3, 0.4) is 0 Å². The maximum absolute atomic E-state index is 11.3. The van der Waals surface area contributed by atoms with Crippen molar-refractivity contribution in [3.05, 3.63) is 0 Å². The molecule has 0 heterocycles. The molecule has 3 heteroatoms. The molecule has 1 amide bonds. The Bertz CT molecular complexity index is 203. The number of halogens is 1. The van der Waals surface area contributed by atoms with Gasteiger partial charge in [-0.05, 0) is 30.6 Å². The van der Waals surface area contributed by atoms with Gasteiger partial charge in [0.2, 0.25) is 5.91 Å². The first-order valence-electron chi connectivity index (χ1n) is 5.39. The third-order valence-electron chi connectivity index (χ3n) is 3.05. The molecule has 0 aliphatic heterocycles. The highest BCUT2D eigenvalue weighted by Gasteiger charge is 2.45. The SMILES string of the molecule is CC1(C)CC1CNC(=O)CCCCCl. The first-order valence-corrected chi connectivity index (χ1v) is 5.92. The van der Waals surface area contributed by atoms with Gasteiger partial charge in [-0.2, -0.15) is 0 Å². The highest BCUT2D eigenvalue weighted by molar-refractivity contribution is 6.17. The summed E-state index contributed by atoms with van der Waals surface area (Å²) in [6.07, 6.45) is 3.71. The van der Waals surface area contributed by atoms with Crippen molar-refractivity contribution in [2.45, 2.75) is 39.5 Å². The van der Waals surface area contributed by atoms with Crippen molar-refractivity contribution in [1.29, 1.82) is 0 Å².